The van der Waals surface area contributed by atoms with Crippen LogP contribution in [-0.2, 0) is 11.5 Å². The summed E-state index contributed by atoms with van der Waals surface area (Å²) in [6.45, 7) is 6.71. The molecule has 0 unspecified atom stereocenters. The second-order valence-corrected chi connectivity index (χ2v) is 5.92. The summed E-state index contributed by atoms with van der Waals surface area (Å²) < 4.78 is 11.0. The number of carbonyl (C=O) groups excluding carboxylic acids is 2. The summed E-state index contributed by atoms with van der Waals surface area (Å²) in [6, 6.07) is 3.50. The molecule has 2 aromatic heterocycles. The summed E-state index contributed by atoms with van der Waals surface area (Å²) in [5, 5.41) is 0. The summed E-state index contributed by atoms with van der Waals surface area (Å²) in [6.07, 6.45) is 0. The van der Waals surface area contributed by atoms with Crippen LogP contribution in [0.1, 0.15) is 57.6 Å². The number of rotatable bonds is 6. The van der Waals surface area contributed by atoms with Crippen molar-refractivity contribution in [3.63, 3.8) is 0 Å². The average Bonchev–Trinajstić information content (AvgIpc) is 2.95. The molecule has 0 aromatic carbocycles. The normalized spacial score (nSPS) is 10.9. The Morgan fingerprint density at radius 2 is 1.71 bits per heavy atom. The smallest absolute Gasteiger partial charge is 0.194 e. The molecule has 112 valence electrons. The number of aryl methyl sites for hydroxylation is 2. The van der Waals surface area contributed by atoms with Gasteiger partial charge in [0.2, 0.25) is 0 Å². The van der Waals surface area contributed by atoms with Crippen LogP contribution < -0.4 is 0 Å². The first-order valence-corrected chi connectivity index (χ1v) is 7.82. The maximum atomic E-state index is 11.7. The summed E-state index contributed by atoms with van der Waals surface area (Å²) >= 11 is 1.63. The third-order valence-electron chi connectivity index (χ3n) is 3.24. The second kappa shape index (κ2) is 6.35. The van der Waals surface area contributed by atoms with Crippen molar-refractivity contribution in [3.05, 3.63) is 46.3 Å². The molecule has 0 amide bonds. The highest BCUT2D eigenvalue weighted by atomic mass is 32.2. The molecule has 0 aliphatic rings. The SMILES string of the molecule is CC(=O)c1ccc(CSCc2c(C)oc(C)c2C(C)=O)o1. The molecule has 0 radical (unpaired) electrons. The Hall–Kier alpha value is -1.75. The van der Waals surface area contributed by atoms with E-state index in [4.69, 9.17) is 8.83 Å². The molecule has 0 bridgehead atoms. The van der Waals surface area contributed by atoms with Gasteiger partial charge in [0.1, 0.15) is 17.3 Å². The molecule has 0 N–H and O–H groups in total. The third-order valence-corrected chi connectivity index (χ3v) is 4.22. The summed E-state index contributed by atoms with van der Waals surface area (Å²) in [5.74, 6) is 3.87. The Bertz CT molecular complexity index is 679. The van der Waals surface area contributed by atoms with Crippen molar-refractivity contribution >= 4 is 23.3 Å². The number of Topliss-reactive ketones (excluding diaryl/α,β-unsaturated/α-hetero) is 2. The number of thioether (sulfide) groups is 1. The van der Waals surface area contributed by atoms with Gasteiger partial charge in [-0.15, -0.1) is 11.8 Å². The van der Waals surface area contributed by atoms with Crippen molar-refractivity contribution in [2.75, 3.05) is 0 Å². The van der Waals surface area contributed by atoms with Gasteiger partial charge in [-0.3, -0.25) is 9.59 Å². The number of hydrogen-bond acceptors (Lipinski definition) is 5. The van der Waals surface area contributed by atoms with E-state index in [1.54, 1.807) is 24.8 Å². The lowest BCUT2D eigenvalue weighted by Gasteiger charge is -2.02. The fraction of sp³-hybridized carbons (Fsp3) is 0.375. The van der Waals surface area contributed by atoms with Gasteiger partial charge in [-0.25, -0.2) is 0 Å². The standard InChI is InChI=1S/C16H18O4S/c1-9(17)15-6-5-13(20-15)7-21-8-14-11(3)19-12(4)16(14)10(2)18/h5-6H,7-8H2,1-4H3. The highest BCUT2D eigenvalue weighted by molar-refractivity contribution is 7.97. The predicted octanol–water partition coefficient (Wildman–Crippen LogP) is 4.33. The van der Waals surface area contributed by atoms with E-state index >= 15 is 0 Å². The van der Waals surface area contributed by atoms with Gasteiger partial charge in [-0.05, 0) is 32.9 Å². The maximum absolute atomic E-state index is 11.7. The van der Waals surface area contributed by atoms with Crippen molar-refractivity contribution in [2.45, 2.75) is 39.2 Å². The van der Waals surface area contributed by atoms with Crippen molar-refractivity contribution < 1.29 is 18.4 Å². The topological polar surface area (TPSA) is 60.4 Å². The van der Waals surface area contributed by atoms with Gasteiger partial charge in [0.05, 0.1) is 11.3 Å². The van der Waals surface area contributed by atoms with E-state index in [-0.39, 0.29) is 11.6 Å². The minimum atomic E-state index is -0.0774. The van der Waals surface area contributed by atoms with Crippen LogP contribution in [0.15, 0.2) is 21.0 Å². The Labute approximate surface area is 127 Å². The Morgan fingerprint density at radius 1 is 1.00 bits per heavy atom. The van der Waals surface area contributed by atoms with Crippen molar-refractivity contribution in [3.8, 4) is 0 Å². The van der Waals surface area contributed by atoms with Crippen molar-refractivity contribution in [2.24, 2.45) is 0 Å². The Morgan fingerprint density at radius 3 is 2.29 bits per heavy atom. The molecule has 0 spiro atoms. The lowest BCUT2D eigenvalue weighted by Crippen LogP contribution is -1.98. The van der Waals surface area contributed by atoms with Crippen LogP contribution in [0.25, 0.3) is 0 Å². The number of ketones is 2. The zero-order valence-corrected chi connectivity index (χ0v) is 13.4. The molecule has 4 nitrogen and oxygen atoms in total. The van der Waals surface area contributed by atoms with Crippen LogP contribution in [0.5, 0.6) is 0 Å². The molecule has 0 aliphatic heterocycles. The minimum absolute atomic E-state index is 0.0248. The quantitative estimate of drug-likeness (QED) is 0.743. The van der Waals surface area contributed by atoms with E-state index in [2.05, 4.69) is 0 Å². The Kier molecular flexibility index (Phi) is 4.73. The molecule has 2 rings (SSSR count). The molecule has 0 saturated heterocycles. The van der Waals surface area contributed by atoms with Crippen molar-refractivity contribution in [1.82, 2.24) is 0 Å². The first-order chi connectivity index (χ1) is 9.90. The monoisotopic (exact) mass is 306 g/mol. The Balaban J connectivity index is 2.03. The second-order valence-electron chi connectivity index (χ2n) is 4.94. The molecule has 5 heteroatoms. The molecular weight excluding hydrogens is 288 g/mol. The first kappa shape index (κ1) is 15.6. The van der Waals surface area contributed by atoms with E-state index in [0.717, 1.165) is 17.1 Å². The van der Waals surface area contributed by atoms with Crippen molar-refractivity contribution in [1.29, 1.82) is 0 Å². The number of carbonyl (C=O) groups is 2. The maximum Gasteiger partial charge on any atom is 0.194 e. The number of hydrogen-bond donors (Lipinski definition) is 0. The summed E-state index contributed by atoms with van der Waals surface area (Å²) in [7, 11) is 0. The fourth-order valence-corrected chi connectivity index (χ4v) is 3.27. The highest BCUT2D eigenvalue weighted by Crippen LogP contribution is 2.28. The third kappa shape index (κ3) is 3.47. The molecule has 21 heavy (non-hydrogen) atoms. The van der Waals surface area contributed by atoms with Gasteiger partial charge in [-0.1, -0.05) is 0 Å². The number of furan rings is 2. The molecule has 0 fully saturated rings. The largest absolute Gasteiger partial charge is 0.466 e. The zero-order valence-electron chi connectivity index (χ0n) is 12.6. The van der Waals surface area contributed by atoms with E-state index in [0.29, 0.717) is 28.6 Å². The van der Waals surface area contributed by atoms with Crippen LogP contribution >= 0.6 is 11.8 Å². The van der Waals surface area contributed by atoms with E-state index in [9.17, 15) is 9.59 Å². The minimum Gasteiger partial charge on any atom is -0.466 e. The zero-order chi connectivity index (χ0) is 15.6. The summed E-state index contributed by atoms with van der Waals surface area (Å²) in [4.78, 5) is 22.9. The molecule has 0 saturated carbocycles. The molecule has 0 atom stereocenters. The summed E-state index contributed by atoms with van der Waals surface area (Å²) in [5.41, 5.74) is 1.63. The highest BCUT2D eigenvalue weighted by Gasteiger charge is 2.18. The van der Waals surface area contributed by atoms with Gasteiger partial charge in [0.25, 0.3) is 0 Å². The lowest BCUT2D eigenvalue weighted by atomic mass is 10.1. The molecule has 2 aromatic rings. The molecule has 2 heterocycles. The van der Waals surface area contributed by atoms with E-state index < -0.39 is 0 Å². The predicted molar refractivity (Wildman–Crippen MR) is 81.9 cm³/mol. The van der Waals surface area contributed by atoms with Crippen LogP contribution in [-0.4, -0.2) is 11.6 Å². The first-order valence-electron chi connectivity index (χ1n) is 6.67. The van der Waals surface area contributed by atoms with Crippen LogP contribution in [0.3, 0.4) is 0 Å². The van der Waals surface area contributed by atoms with E-state index in [1.807, 2.05) is 19.9 Å². The average molecular weight is 306 g/mol. The van der Waals surface area contributed by atoms with Gasteiger partial charge in [0.15, 0.2) is 17.3 Å². The van der Waals surface area contributed by atoms with E-state index in [1.165, 1.54) is 6.92 Å². The van der Waals surface area contributed by atoms with Gasteiger partial charge in [0, 0.05) is 18.2 Å². The lowest BCUT2D eigenvalue weighted by molar-refractivity contribution is 0.0983. The molecular formula is C16H18O4S. The molecule has 0 aliphatic carbocycles. The van der Waals surface area contributed by atoms with Gasteiger partial charge < -0.3 is 8.83 Å². The fourth-order valence-electron chi connectivity index (χ4n) is 2.26. The van der Waals surface area contributed by atoms with Gasteiger partial charge >= 0.3 is 0 Å². The van der Waals surface area contributed by atoms with Crippen LogP contribution in [0, 0.1) is 13.8 Å². The van der Waals surface area contributed by atoms with Crippen LogP contribution in [0.2, 0.25) is 0 Å². The van der Waals surface area contributed by atoms with Crippen LogP contribution in [0.4, 0.5) is 0 Å². The van der Waals surface area contributed by atoms with Gasteiger partial charge in [-0.2, -0.15) is 0 Å².